The van der Waals surface area contributed by atoms with Gasteiger partial charge in [0.1, 0.15) is 0 Å². The minimum atomic E-state index is -0.234. The van der Waals surface area contributed by atoms with E-state index in [9.17, 15) is 9.90 Å². The van der Waals surface area contributed by atoms with Gasteiger partial charge in [-0.15, -0.1) is 0 Å². The zero-order valence-electron chi connectivity index (χ0n) is 11.8. The Balaban J connectivity index is 1.61. The van der Waals surface area contributed by atoms with E-state index < -0.39 is 0 Å². The summed E-state index contributed by atoms with van der Waals surface area (Å²) < 4.78 is 5.52. The van der Waals surface area contributed by atoms with E-state index in [0.29, 0.717) is 19.2 Å². The summed E-state index contributed by atoms with van der Waals surface area (Å²) in [6, 6.07) is -0.0444. The Bertz CT molecular complexity index is 292. The first-order valence-corrected chi connectivity index (χ1v) is 7.45. The topological polar surface area (TPSA) is 61.8 Å². The number of hydrogen-bond donors (Lipinski definition) is 2. The van der Waals surface area contributed by atoms with Crippen molar-refractivity contribution in [2.75, 3.05) is 26.7 Å². The Kier molecular flexibility index (Phi) is 5.45. The average Bonchev–Trinajstić information content (AvgIpc) is 3.02. The zero-order valence-corrected chi connectivity index (χ0v) is 11.8. The summed E-state index contributed by atoms with van der Waals surface area (Å²) in [4.78, 5) is 13.6. The standard InChI is InChI=1S/C14H26N2O3/c1-16(10-11-4-2-6-13(11)17)14(18)15-8-7-12-5-3-9-19-12/h11-13,17H,2-10H2,1H3,(H,15,18)/t11-,12+,13-/m0/s1. The van der Waals surface area contributed by atoms with Crippen molar-refractivity contribution in [1.29, 1.82) is 0 Å². The molecule has 1 heterocycles. The monoisotopic (exact) mass is 270 g/mol. The van der Waals surface area contributed by atoms with Crippen LogP contribution >= 0.6 is 0 Å². The molecule has 5 nitrogen and oxygen atoms in total. The summed E-state index contributed by atoms with van der Waals surface area (Å²) >= 11 is 0. The largest absolute Gasteiger partial charge is 0.393 e. The fourth-order valence-corrected chi connectivity index (χ4v) is 3.01. The molecule has 0 aromatic heterocycles. The molecule has 2 N–H and O–H groups in total. The van der Waals surface area contributed by atoms with E-state index in [4.69, 9.17) is 4.74 Å². The molecule has 2 aliphatic rings. The Labute approximate surface area is 115 Å². The van der Waals surface area contributed by atoms with Crippen molar-refractivity contribution in [3.63, 3.8) is 0 Å². The van der Waals surface area contributed by atoms with Crippen molar-refractivity contribution >= 4 is 6.03 Å². The Hall–Kier alpha value is -0.810. The van der Waals surface area contributed by atoms with E-state index >= 15 is 0 Å². The first-order chi connectivity index (χ1) is 9.16. The van der Waals surface area contributed by atoms with Crippen molar-refractivity contribution in [2.45, 2.75) is 50.7 Å². The number of urea groups is 1. The lowest BCUT2D eigenvalue weighted by molar-refractivity contribution is 0.103. The van der Waals surface area contributed by atoms with Crippen LogP contribution in [0.25, 0.3) is 0 Å². The molecule has 19 heavy (non-hydrogen) atoms. The maximum absolute atomic E-state index is 11.9. The van der Waals surface area contributed by atoms with Gasteiger partial charge in [-0.1, -0.05) is 6.42 Å². The highest BCUT2D eigenvalue weighted by atomic mass is 16.5. The molecule has 2 rings (SSSR count). The molecule has 2 amide bonds. The van der Waals surface area contributed by atoms with Gasteiger partial charge in [0.05, 0.1) is 12.2 Å². The van der Waals surface area contributed by atoms with E-state index in [0.717, 1.165) is 45.1 Å². The third-order valence-electron chi connectivity index (χ3n) is 4.24. The molecule has 3 atom stereocenters. The predicted molar refractivity (Wildman–Crippen MR) is 73.0 cm³/mol. The second-order valence-electron chi connectivity index (χ2n) is 5.79. The molecule has 1 saturated carbocycles. The molecule has 0 unspecified atom stereocenters. The smallest absolute Gasteiger partial charge is 0.317 e. The van der Waals surface area contributed by atoms with Gasteiger partial charge in [-0.2, -0.15) is 0 Å². The quantitative estimate of drug-likeness (QED) is 0.793. The first-order valence-electron chi connectivity index (χ1n) is 7.45. The predicted octanol–water partition coefficient (Wildman–Crippen LogP) is 1.36. The Morgan fingerprint density at radius 3 is 2.84 bits per heavy atom. The summed E-state index contributed by atoms with van der Waals surface area (Å²) in [5.74, 6) is 0.244. The van der Waals surface area contributed by atoms with Crippen molar-refractivity contribution in [2.24, 2.45) is 5.92 Å². The lowest BCUT2D eigenvalue weighted by atomic mass is 10.1. The number of carbonyl (C=O) groups is 1. The number of carbonyl (C=O) groups excluding carboxylic acids is 1. The molecule has 5 heteroatoms. The molecule has 1 aliphatic heterocycles. The third kappa shape index (κ3) is 4.35. The van der Waals surface area contributed by atoms with Gasteiger partial charge in [-0.05, 0) is 32.1 Å². The molecule has 0 radical (unpaired) electrons. The third-order valence-corrected chi connectivity index (χ3v) is 4.24. The number of aliphatic hydroxyl groups is 1. The van der Waals surface area contributed by atoms with Gasteiger partial charge in [-0.25, -0.2) is 4.79 Å². The number of nitrogens with one attached hydrogen (secondary N) is 1. The number of hydrogen-bond acceptors (Lipinski definition) is 3. The van der Waals surface area contributed by atoms with Crippen LogP contribution in [-0.4, -0.2) is 55.0 Å². The number of ether oxygens (including phenoxy) is 1. The molecular formula is C14H26N2O3. The van der Waals surface area contributed by atoms with Gasteiger partial charge in [0, 0.05) is 32.7 Å². The van der Waals surface area contributed by atoms with Gasteiger partial charge < -0.3 is 20.1 Å². The summed E-state index contributed by atoms with van der Waals surface area (Å²) in [6.07, 6.45) is 6.20. The molecule has 0 aromatic rings. The number of rotatable bonds is 5. The molecule has 2 fully saturated rings. The Morgan fingerprint density at radius 1 is 1.37 bits per heavy atom. The lowest BCUT2D eigenvalue weighted by Crippen LogP contribution is -2.41. The first kappa shape index (κ1) is 14.6. The Morgan fingerprint density at radius 2 is 2.21 bits per heavy atom. The fourth-order valence-electron chi connectivity index (χ4n) is 3.01. The molecule has 1 aliphatic carbocycles. The number of aliphatic hydroxyl groups excluding tert-OH is 1. The van der Waals surface area contributed by atoms with Crippen LogP contribution in [0.15, 0.2) is 0 Å². The second kappa shape index (κ2) is 7.10. The van der Waals surface area contributed by atoms with E-state index in [2.05, 4.69) is 5.32 Å². The van der Waals surface area contributed by atoms with E-state index in [1.165, 1.54) is 0 Å². The maximum atomic E-state index is 11.9. The summed E-state index contributed by atoms with van der Waals surface area (Å²) in [5, 5.41) is 12.7. The summed E-state index contributed by atoms with van der Waals surface area (Å²) in [5.41, 5.74) is 0. The van der Waals surface area contributed by atoms with Gasteiger partial charge in [-0.3, -0.25) is 0 Å². The highest BCUT2D eigenvalue weighted by molar-refractivity contribution is 5.73. The highest BCUT2D eigenvalue weighted by Gasteiger charge is 2.27. The van der Waals surface area contributed by atoms with E-state index in [-0.39, 0.29) is 18.1 Å². The zero-order chi connectivity index (χ0) is 13.7. The van der Waals surface area contributed by atoms with Crippen LogP contribution in [-0.2, 0) is 4.74 Å². The van der Waals surface area contributed by atoms with E-state index in [1.54, 1.807) is 11.9 Å². The van der Waals surface area contributed by atoms with Crippen molar-refractivity contribution in [3.8, 4) is 0 Å². The highest BCUT2D eigenvalue weighted by Crippen LogP contribution is 2.25. The summed E-state index contributed by atoms with van der Waals surface area (Å²) in [7, 11) is 1.80. The average molecular weight is 270 g/mol. The van der Waals surface area contributed by atoms with Crippen molar-refractivity contribution in [3.05, 3.63) is 0 Å². The maximum Gasteiger partial charge on any atom is 0.317 e. The van der Waals surface area contributed by atoms with Crippen LogP contribution in [0.3, 0.4) is 0 Å². The molecule has 1 saturated heterocycles. The van der Waals surface area contributed by atoms with Crippen LogP contribution in [0.5, 0.6) is 0 Å². The second-order valence-corrected chi connectivity index (χ2v) is 5.79. The van der Waals surface area contributed by atoms with Crippen LogP contribution in [0.1, 0.15) is 38.5 Å². The molecule has 0 bridgehead atoms. The van der Waals surface area contributed by atoms with Crippen LogP contribution in [0, 0.1) is 5.92 Å². The van der Waals surface area contributed by atoms with Crippen LogP contribution in [0.4, 0.5) is 4.79 Å². The van der Waals surface area contributed by atoms with Gasteiger partial charge >= 0.3 is 6.03 Å². The van der Waals surface area contributed by atoms with Crippen LogP contribution in [0.2, 0.25) is 0 Å². The normalized spacial score (nSPS) is 30.5. The lowest BCUT2D eigenvalue weighted by Gasteiger charge is -2.23. The van der Waals surface area contributed by atoms with Gasteiger partial charge in [0.25, 0.3) is 0 Å². The van der Waals surface area contributed by atoms with E-state index in [1.807, 2.05) is 0 Å². The minimum Gasteiger partial charge on any atom is -0.393 e. The number of nitrogens with zero attached hydrogens (tertiary/aromatic N) is 1. The van der Waals surface area contributed by atoms with Crippen molar-refractivity contribution in [1.82, 2.24) is 10.2 Å². The van der Waals surface area contributed by atoms with Crippen LogP contribution < -0.4 is 5.32 Å². The molecule has 0 spiro atoms. The van der Waals surface area contributed by atoms with Gasteiger partial charge in [0.15, 0.2) is 0 Å². The molecule has 110 valence electrons. The molecular weight excluding hydrogens is 244 g/mol. The minimum absolute atomic E-state index is 0.0444. The fraction of sp³-hybridized carbons (Fsp3) is 0.929. The SMILES string of the molecule is CN(C[C@@H]1CCC[C@@H]1O)C(=O)NCC[C@H]1CCCO1. The molecule has 0 aromatic carbocycles. The van der Waals surface area contributed by atoms with Crippen molar-refractivity contribution < 1.29 is 14.6 Å². The summed E-state index contributed by atoms with van der Waals surface area (Å²) in [6.45, 7) is 2.17. The van der Waals surface area contributed by atoms with Gasteiger partial charge in [0.2, 0.25) is 0 Å². The number of amides is 2.